The van der Waals surface area contributed by atoms with Crippen molar-refractivity contribution in [2.75, 3.05) is 19.4 Å². The lowest BCUT2D eigenvalue weighted by atomic mass is 10.2. The van der Waals surface area contributed by atoms with Crippen LogP contribution >= 0.6 is 0 Å². The lowest BCUT2D eigenvalue weighted by Crippen LogP contribution is -2.06. The smallest absolute Gasteiger partial charge is 0.266 e. The van der Waals surface area contributed by atoms with Gasteiger partial charge in [0, 0.05) is 6.21 Å². The molecule has 94 valence electrons. The van der Waals surface area contributed by atoms with E-state index in [-0.39, 0.29) is 12.3 Å². The molecule has 1 aromatic rings. The fourth-order valence-corrected chi connectivity index (χ4v) is 1.45. The molecule has 0 fully saturated rings. The number of benzene rings is 1. The third-order valence-electron chi connectivity index (χ3n) is 1.92. The summed E-state index contributed by atoms with van der Waals surface area (Å²) in [5.74, 6) is -0.0926. The van der Waals surface area contributed by atoms with Crippen molar-refractivity contribution in [3.63, 3.8) is 0 Å². The molecule has 0 unspecified atom stereocenters. The quantitative estimate of drug-likeness (QED) is 0.599. The summed E-state index contributed by atoms with van der Waals surface area (Å²) in [4.78, 5) is 3.83. The second-order valence-corrected chi connectivity index (χ2v) is 4.82. The topological polar surface area (TPSA) is 96.2 Å². The van der Waals surface area contributed by atoms with Gasteiger partial charge in [-0.15, -0.1) is 0 Å². The average Bonchev–Trinajstić information content (AvgIpc) is 2.25. The number of hydrogen-bond donors (Lipinski definition) is 2. The average molecular weight is 259 g/mol. The predicted molar refractivity (Wildman–Crippen MR) is 63.5 cm³/mol. The first-order valence-electron chi connectivity index (χ1n) is 4.74. The van der Waals surface area contributed by atoms with Gasteiger partial charge in [-0.3, -0.25) is 9.55 Å². The van der Waals surface area contributed by atoms with E-state index in [0.29, 0.717) is 11.3 Å². The number of ether oxygens (including phenoxy) is 1. The molecule has 0 saturated carbocycles. The van der Waals surface area contributed by atoms with Gasteiger partial charge < -0.3 is 9.84 Å². The first-order chi connectivity index (χ1) is 7.92. The van der Waals surface area contributed by atoms with Crippen LogP contribution in [0.2, 0.25) is 0 Å². The first kappa shape index (κ1) is 13.5. The zero-order valence-corrected chi connectivity index (χ0v) is 10.0. The molecule has 0 amide bonds. The van der Waals surface area contributed by atoms with Gasteiger partial charge in [0.1, 0.15) is 0 Å². The van der Waals surface area contributed by atoms with Crippen molar-refractivity contribution < 1.29 is 22.8 Å². The largest absolute Gasteiger partial charge is 0.504 e. The molecular weight excluding hydrogens is 246 g/mol. The Kier molecular flexibility index (Phi) is 4.47. The first-order valence-corrected chi connectivity index (χ1v) is 6.35. The number of phenolic OH excluding ortho intramolecular Hbond substituents is 1. The van der Waals surface area contributed by atoms with Crippen LogP contribution in [0.4, 0.5) is 0 Å². The molecule has 7 heteroatoms. The number of aliphatic imine (C=N–C) groups is 1. The molecule has 0 aliphatic carbocycles. The fraction of sp³-hybridized carbons (Fsp3) is 0.300. The lowest BCUT2D eigenvalue weighted by Gasteiger charge is -2.03. The van der Waals surface area contributed by atoms with Crippen LogP contribution in [0.1, 0.15) is 5.56 Å². The molecule has 0 saturated heterocycles. The summed E-state index contributed by atoms with van der Waals surface area (Å²) in [7, 11) is -2.55. The monoisotopic (exact) mass is 259 g/mol. The van der Waals surface area contributed by atoms with Gasteiger partial charge in [-0.1, -0.05) is 0 Å². The van der Waals surface area contributed by atoms with Gasteiger partial charge in [0.15, 0.2) is 11.5 Å². The summed E-state index contributed by atoms with van der Waals surface area (Å²) >= 11 is 0. The summed E-state index contributed by atoms with van der Waals surface area (Å²) in [5.41, 5.74) is 0.662. The molecule has 0 aromatic heterocycles. The minimum Gasteiger partial charge on any atom is -0.504 e. The highest BCUT2D eigenvalue weighted by atomic mass is 32.2. The minimum atomic E-state index is -3.98. The van der Waals surface area contributed by atoms with Crippen molar-refractivity contribution in [1.82, 2.24) is 0 Å². The fourth-order valence-electron chi connectivity index (χ4n) is 1.11. The zero-order valence-electron chi connectivity index (χ0n) is 9.20. The molecular formula is C10H13NO5S. The summed E-state index contributed by atoms with van der Waals surface area (Å²) in [6.45, 7) is -0.0258. The second kappa shape index (κ2) is 5.65. The summed E-state index contributed by atoms with van der Waals surface area (Å²) < 4.78 is 34.2. The molecule has 0 aliphatic rings. The number of rotatable bonds is 5. The normalized spacial score (nSPS) is 11.9. The van der Waals surface area contributed by atoms with Crippen LogP contribution < -0.4 is 4.74 Å². The molecule has 17 heavy (non-hydrogen) atoms. The highest BCUT2D eigenvalue weighted by Crippen LogP contribution is 2.25. The van der Waals surface area contributed by atoms with E-state index in [1.807, 2.05) is 0 Å². The molecule has 1 aromatic carbocycles. The third kappa shape index (κ3) is 4.83. The molecule has 2 N–H and O–H groups in total. The van der Waals surface area contributed by atoms with Crippen LogP contribution in [0.15, 0.2) is 23.2 Å². The maximum absolute atomic E-state index is 10.4. The third-order valence-corrected chi connectivity index (χ3v) is 2.62. The van der Waals surface area contributed by atoms with Gasteiger partial charge in [0.25, 0.3) is 10.1 Å². The van der Waals surface area contributed by atoms with E-state index in [0.717, 1.165) is 0 Å². The van der Waals surface area contributed by atoms with Crippen LogP contribution in [0.3, 0.4) is 0 Å². The number of nitrogens with zero attached hydrogens (tertiary/aromatic N) is 1. The molecule has 0 heterocycles. The van der Waals surface area contributed by atoms with Crippen molar-refractivity contribution in [1.29, 1.82) is 0 Å². The Morgan fingerprint density at radius 3 is 2.76 bits per heavy atom. The van der Waals surface area contributed by atoms with Gasteiger partial charge in [0.05, 0.1) is 19.4 Å². The van der Waals surface area contributed by atoms with Crippen LogP contribution in [0, 0.1) is 0 Å². The summed E-state index contributed by atoms with van der Waals surface area (Å²) in [6, 6.07) is 4.62. The van der Waals surface area contributed by atoms with E-state index in [1.165, 1.54) is 19.4 Å². The Hall–Kier alpha value is -1.60. The van der Waals surface area contributed by atoms with Crippen LogP contribution in [-0.2, 0) is 10.1 Å². The van der Waals surface area contributed by atoms with Crippen molar-refractivity contribution in [2.24, 2.45) is 4.99 Å². The molecule has 0 bridgehead atoms. The Balaban J connectivity index is 2.66. The number of methoxy groups -OCH3 is 1. The Labute approximate surface area is 99.3 Å². The number of hydrogen-bond acceptors (Lipinski definition) is 5. The van der Waals surface area contributed by atoms with E-state index in [9.17, 15) is 13.5 Å². The Morgan fingerprint density at radius 2 is 2.18 bits per heavy atom. The second-order valence-electron chi connectivity index (χ2n) is 3.25. The van der Waals surface area contributed by atoms with Gasteiger partial charge >= 0.3 is 0 Å². The number of aromatic hydroxyl groups is 1. The SMILES string of the molecule is COc1cc(C=NCCS(=O)(=O)O)ccc1O. The zero-order chi connectivity index (χ0) is 12.9. The van der Waals surface area contributed by atoms with Crippen molar-refractivity contribution >= 4 is 16.3 Å². The van der Waals surface area contributed by atoms with E-state index in [2.05, 4.69) is 4.99 Å². The van der Waals surface area contributed by atoms with Gasteiger partial charge in [-0.25, -0.2) is 0 Å². The van der Waals surface area contributed by atoms with Crippen LogP contribution in [0.25, 0.3) is 0 Å². The number of phenols is 1. The van der Waals surface area contributed by atoms with Crippen molar-refractivity contribution in [3.8, 4) is 11.5 Å². The molecule has 1 rings (SSSR count). The molecule has 0 radical (unpaired) electrons. The predicted octanol–water partition coefficient (Wildman–Crippen LogP) is 0.707. The molecule has 0 atom stereocenters. The van der Waals surface area contributed by atoms with Crippen molar-refractivity contribution in [3.05, 3.63) is 23.8 Å². The summed E-state index contributed by atoms with van der Waals surface area (Å²) in [6.07, 6.45) is 1.44. The maximum Gasteiger partial charge on any atom is 0.266 e. The maximum atomic E-state index is 10.4. The van der Waals surface area contributed by atoms with E-state index < -0.39 is 15.9 Å². The van der Waals surface area contributed by atoms with E-state index in [4.69, 9.17) is 9.29 Å². The van der Waals surface area contributed by atoms with E-state index in [1.54, 1.807) is 12.1 Å². The Bertz CT molecular complexity index is 509. The van der Waals surface area contributed by atoms with Gasteiger partial charge in [-0.05, 0) is 23.8 Å². The molecule has 6 nitrogen and oxygen atoms in total. The van der Waals surface area contributed by atoms with Gasteiger partial charge in [0.2, 0.25) is 0 Å². The van der Waals surface area contributed by atoms with Crippen molar-refractivity contribution in [2.45, 2.75) is 0 Å². The standard InChI is InChI=1S/C10H13NO5S/c1-16-10-6-8(2-3-9(10)12)7-11-4-5-17(13,14)15/h2-3,6-7,12H,4-5H2,1H3,(H,13,14,15). The summed E-state index contributed by atoms with van der Waals surface area (Å²) in [5, 5.41) is 9.33. The lowest BCUT2D eigenvalue weighted by molar-refractivity contribution is 0.373. The molecule has 0 aliphatic heterocycles. The van der Waals surface area contributed by atoms with Crippen LogP contribution in [0.5, 0.6) is 11.5 Å². The van der Waals surface area contributed by atoms with Gasteiger partial charge in [-0.2, -0.15) is 8.42 Å². The van der Waals surface area contributed by atoms with E-state index >= 15 is 0 Å². The highest BCUT2D eigenvalue weighted by molar-refractivity contribution is 7.85. The molecule has 0 spiro atoms. The Morgan fingerprint density at radius 1 is 1.47 bits per heavy atom. The van der Waals surface area contributed by atoms with Crippen LogP contribution in [-0.4, -0.2) is 43.7 Å². The highest BCUT2D eigenvalue weighted by Gasteiger charge is 2.02. The minimum absolute atomic E-state index is 0.0163.